The molecule has 4 amide bonds. The maximum Gasteiger partial charge on any atom is 0.256 e. The molecular weight excluding hydrogens is 342 g/mol. The molecular formula is C17H15N3O4S. The van der Waals surface area contributed by atoms with Gasteiger partial charge in [0, 0.05) is 25.5 Å². The lowest BCUT2D eigenvalue weighted by molar-refractivity contribution is -0.121. The minimum absolute atomic E-state index is 0.180. The molecule has 0 spiro atoms. The monoisotopic (exact) mass is 357 g/mol. The van der Waals surface area contributed by atoms with E-state index in [1.165, 1.54) is 24.5 Å². The van der Waals surface area contributed by atoms with Crippen LogP contribution in [0.5, 0.6) is 0 Å². The molecule has 2 N–H and O–H groups in total. The van der Waals surface area contributed by atoms with E-state index in [1.54, 1.807) is 29.6 Å². The Morgan fingerprint density at radius 2 is 1.80 bits per heavy atom. The highest BCUT2D eigenvalue weighted by molar-refractivity contribution is 7.14. The number of carbonyl (C=O) groups is 4. The van der Waals surface area contributed by atoms with E-state index in [0.29, 0.717) is 21.8 Å². The fourth-order valence-electron chi connectivity index (χ4n) is 2.55. The molecule has 2 heterocycles. The zero-order valence-electron chi connectivity index (χ0n) is 13.4. The van der Waals surface area contributed by atoms with E-state index in [0.717, 1.165) is 4.90 Å². The molecule has 1 aromatic carbocycles. The fraction of sp³-hybridized carbons (Fsp3) is 0.176. The molecule has 0 unspecified atom stereocenters. The van der Waals surface area contributed by atoms with Crippen molar-refractivity contribution < 1.29 is 19.2 Å². The summed E-state index contributed by atoms with van der Waals surface area (Å²) in [6.07, 6.45) is 0.361. The largest absolute Gasteiger partial charge is 0.355 e. The number of anilines is 2. The van der Waals surface area contributed by atoms with Gasteiger partial charge in [-0.3, -0.25) is 24.1 Å². The summed E-state index contributed by atoms with van der Waals surface area (Å²) >= 11 is 1.24. The Kier molecular flexibility index (Phi) is 4.62. The molecule has 0 saturated carbocycles. The van der Waals surface area contributed by atoms with Crippen LogP contribution in [0.15, 0.2) is 35.7 Å². The summed E-state index contributed by atoms with van der Waals surface area (Å²) in [5.74, 6) is -1.27. The number of nitrogens with zero attached hydrogens (tertiary/aromatic N) is 1. The Morgan fingerprint density at radius 1 is 1.08 bits per heavy atom. The van der Waals surface area contributed by atoms with Crippen LogP contribution in [-0.2, 0) is 9.59 Å². The van der Waals surface area contributed by atoms with Gasteiger partial charge in [0.2, 0.25) is 11.8 Å². The van der Waals surface area contributed by atoms with Crippen LogP contribution in [0.25, 0.3) is 0 Å². The summed E-state index contributed by atoms with van der Waals surface area (Å²) < 4.78 is 0. The van der Waals surface area contributed by atoms with Gasteiger partial charge in [-0.25, -0.2) is 0 Å². The van der Waals surface area contributed by atoms with E-state index in [1.807, 2.05) is 0 Å². The van der Waals surface area contributed by atoms with Gasteiger partial charge < -0.3 is 10.6 Å². The number of carbonyl (C=O) groups excluding carboxylic acids is 4. The second kappa shape index (κ2) is 6.86. The van der Waals surface area contributed by atoms with E-state index in [4.69, 9.17) is 0 Å². The van der Waals surface area contributed by atoms with Crippen LogP contribution in [0.1, 0.15) is 33.6 Å². The van der Waals surface area contributed by atoms with E-state index >= 15 is 0 Å². The van der Waals surface area contributed by atoms with Crippen LogP contribution in [-0.4, -0.2) is 30.7 Å². The summed E-state index contributed by atoms with van der Waals surface area (Å²) in [5.41, 5.74) is 1.04. The third-order valence-corrected chi connectivity index (χ3v) is 4.61. The molecule has 0 aliphatic carbocycles. The van der Waals surface area contributed by atoms with Crippen LogP contribution < -0.4 is 15.5 Å². The van der Waals surface area contributed by atoms with Crippen molar-refractivity contribution in [1.82, 2.24) is 5.32 Å². The average molecular weight is 357 g/mol. The molecule has 8 heteroatoms. The van der Waals surface area contributed by atoms with E-state index < -0.39 is 5.91 Å². The van der Waals surface area contributed by atoms with E-state index in [-0.39, 0.29) is 30.6 Å². The van der Waals surface area contributed by atoms with Gasteiger partial charge in [-0.05, 0) is 29.6 Å². The quantitative estimate of drug-likeness (QED) is 0.818. The molecule has 1 fully saturated rings. The minimum atomic E-state index is -0.423. The molecule has 0 radical (unpaired) electrons. The molecule has 1 aliphatic heterocycles. The minimum Gasteiger partial charge on any atom is -0.355 e. The Morgan fingerprint density at radius 3 is 2.48 bits per heavy atom. The van der Waals surface area contributed by atoms with Crippen molar-refractivity contribution in [1.29, 1.82) is 0 Å². The third-order valence-electron chi connectivity index (χ3n) is 3.78. The lowest BCUT2D eigenvalue weighted by atomic mass is 10.1. The van der Waals surface area contributed by atoms with Gasteiger partial charge in [0.05, 0.1) is 11.3 Å². The van der Waals surface area contributed by atoms with Crippen molar-refractivity contribution in [3.8, 4) is 0 Å². The Balaban J connectivity index is 1.83. The lowest BCUT2D eigenvalue weighted by Crippen LogP contribution is -2.28. The predicted molar refractivity (Wildman–Crippen MR) is 93.8 cm³/mol. The van der Waals surface area contributed by atoms with E-state index in [9.17, 15) is 19.2 Å². The molecule has 0 atom stereocenters. The molecule has 0 bridgehead atoms. The van der Waals surface area contributed by atoms with Gasteiger partial charge in [-0.2, -0.15) is 0 Å². The van der Waals surface area contributed by atoms with Crippen molar-refractivity contribution in [2.24, 2.45) is 0 Å². The topological polar surface area (TPSA) is 95.6 Å². The Bertz CT molecular complexity index is 858. The number of imide groups is 1. The lowest BCUT2D eigenvalue weighted by Gasteiger charge is -2.14. The van der Waals surface area contributed by atoms with Crippen LogP contribution in [0.4, 0.5) is 10.7 Å². The van der Waals surface area contributed by atoms with Gasteiger partial charge in [-0.15, -0.1) is 11.3 Å². The first kappa shape index (κ1) is 16.8. The van der Waals surface area contributed by atoms with Crippen molar-refractivity contribution in [2.75, 3.05) is 17.3 Å². The highest BCUT2D eigenvalue weighted by atomic mass is 32.1. The highest BCUT2D eigenvalue weighted by Gasteiger charge is 2.30. The number of hydrogen-bond acceptors (Lipinski definition) is 5. The molecule has 1 aromatic heterocycles. The van der Waals surface area contributed by atoms with Crippen LogP contribution in [0.2, 0.25) is 0 Å². The second-order valence-electron chi connectivity index (χ2n) is 5.37. The first-order valence-electron chi connectivity index (χ1n) is 7.58. The zero-order valence-corrected chi connectivity index (χ0v) is 14.2. The normalized spacial score (nSPS) is 13.9. The van der Waals surface area contributed by atoms with Gasteiger partial charge in [0.15, 0.2) is 0 Å². The number of thiophene rings is 1. The third kappa shape index (κ3) is 3.29. The second-order valence-corrected chi connectivity index (χ2v) is 6.29. The molecule has 25 heavy (non-hydrogen) atoms. The van der Waals surface area contributed by atoms with Gasteiger partial charge in [0.1, 0.15) is 5.00 Å². The summed E-state index contributed by atoms with van der Waals surface area (Å²) in [6.45, 7) is 0. The predicted octanol–water partition coefficient (Wildman–Crippen LogP) is 2.01. The van der Waals surface area contributed by atoms with Gasteiger partial charge >= 0.3 is 0 Å². The van der Waals surface area contributed by atoms with Crippen molar-refractivity contribution >= 4 is 45.7 Å². The van der Waals surface area contributed by atoms with Crippen molar-refractivity contribution in [3.05, 3.63) is 46.8 Å². The SMILES string of the molecule is CNC(=O)c1ccsc1NC(=O)c1cccc(N2C(=O)CCC2=O)c1. The first-order valence-corrected chi connectivity index (χ1v) is 8.46. The average Bonchev–Trinajstić information content (AvgIpc) is 3.20. The van der Waals surface area contributed by atoms with Crippen molar-refractivity contribution in [2.45, 2.75) is 12.8 Å². The number of benzene rings is 1. The number of hydrogen-bond donors (Lipinski definition) is 2. The van der Waals surface area contributed by atoms with Gasteiger partial charge in [-0.1, -0.05) is 6.07 Å². The number of rotatable bonds is 4. The summed E-state index contributed by atoms with van der Waals surface area (Å²) in [5, 5.41) is 7.34. The molecule has 1 aliphatic rings. The Labute approximate surface area is 147 Å². The molecule has 2 aromatic rings. The van der Waals surface area contributed by atoms with Crippen LogP contribution in [0.3, 0.4) is 0 Å². The maximum absolute atomic E-state index is 12.5. The van der Waals surface area contributed by atoms with Crippen LogP contribution >= 0.6 is 11.3 Å². The zero-order chi connectivity index (χ0) is 18.0. The summed E-state index contributed by atoms with van der Waals surface area (Å²) in [4.78, 5) is 49.0. The number of amides is 4. The maximum atomic E-state index is 12.5. The molecule has 7 nitrogen and oxygen atoms in total. The smallest absolute Gasteiger partial charge is 0.256 e. The number of nitrogens with one attached hydrogen (secondary N) is 2. The van der Waals surface area contributed by atoms with Crippen molar-refractivity contribution in [3.63, 3.8) is 0 Å². The standard InChI is InChI=1S/C17H15N3O4S/c1-18-16(24)12-7-8-25-17(12)19-15(23)10-3-2-4-11(9-10)20-13(21)5-6-14(20)22/h2-4,7-9H,5-6H2,1H3,(H,18,24)(H,19,23). The summed E-state index contributed by atoms with van der Waals surface area (Å²) in [6, 6.07) is 7.91. The van der Waals surface area contributed by atoms with Gasteiger partial charge in [0.25, 0.3) is 11.8 Å². The van der Waals surface area contributed by atoms with Crippen LogP contribution in [0, 0.1) is 0 Å². The molecule has 1 saturated heterocycles. The summed E-state index contributed by atoms with van der Waals surface area (Å²) in [7, 11) is 1.51. The molecule has 3 rings (SSSR count). The molecule has 128 valence electrons. The van der Waals surface area contributed by atoms with E-state index in [2.05, 4.69) is 10.6 Å². The highest BCUT2D eigenvalue weighted by Crippen LogP contribution is 2.26. The fourth-order valence-corrected chi connectivity index (χ4v) is 3.33. The Hall–Kier alpha value is -3.00. The first-order chi connectivity index (χ1) is 12.0.